The number of carbonyl (C=O) groups is 3. The van der Waals surface area contributed by atoms with Gasteiger partial charge in [0, 0.05) is 34.8 Å². The van der Waals surface area contributed by atoms with E-state index in [-0.39, 0.29) is 43.3 Å². The van der Waals surface area contributed by atoms with E-state index < -0.39 is 31.6 Å². The minimum atomic E-state index is -3.49. The van der Waals surface area contributed by atoms with Crippen LogP contribution in [0.3, 0.4) is 0 Å². The molecule has 0 aromatic heterocycles. The predicted octanol–water partition coefficient (Wildman–Crippen LogP) is 6.60. The first kappa shape index (κ1) is 33.8. The summed E-state index contributed by atoms with van der Waals surface area (Å²) in [5, 5.41) is 13.1. The van der Waals surface area contributed by atoms with Gasteiger partial charge in [-0.15, -0.1) is 0 Å². The summed E-state index contributed by atoms with van der Waals surface area (Å²) in [6, 6.07) is 31.3. The first-order valence-corrected chi connectivity index (χ1v) is 20.2. The Labute approximate surface area is 293 Å². The summed E-state index contributed by atoms with van der Waals surface area (Å²) in [5.41, 5.74) is 3.47. The molecule has 4 aromatic carbocycles. The molecule has 2 N–H and O–H groups in total. The number of fused-ring (bicyclic) bond motifs is 3. The summed E-state index contributed by atoms with van der Waals surface area (Å²) >= 11 is 0. The monoisotopic (exact) mass is 691 g/mol. The Bertz CT molecular complexity index is 1920. The van der Waals surface area contributed by atoms with Gasteiger partial charge in [-0.3, -0.25) is 14.4 Å². The van der Waals surface area contributed by atoms with Gasteiger partial charge in [-0.1, -0.05) is 79.7 Å². The quantitative estimate of drug-likeness (QED) is 0.160. The zero-order valence-corrected chi connectivity index (χ0v) is 29.5. The SMILES string of the molecule is C[C@H]1[C@H]([Si](C)(C)F)[C@@H](CC(=O)N2Cc3ccccc3C[C@H]2CO)O[C@]12C(=O)N(Cc1ccc(NC(=O)c3ccccc3)cc1)c1ccccc12. The van der Waals surface area contributed by atoms with E-state index in [4.69, 9.17) is 4.74 Å². The summed E-state index contributed by atoms with van der Waals surface area (Å²) < 4.78 is 23.2. The highest BCUT2D eigenvalue weighted by Crippen LogP contribution is 2.60. The summed E-state index contributed by atoms with van der Waals surface area (Å²) in [6.07, 6.45) is -0.357. The number of carbonyl (C=O) groups excluding carboxylic acids is 3. The van der Waals surface area contributed by atoms with E-state index in [1.54, 1.807) is 47.2 Å². The number of halogens is 1. The molecule has 3 amide bonds. The van der Waals surface area contributed by atoms with Gasteiger partial charge in [-0.05, 0) is 66.5 Å². The molecule has 0 radical (unpaired) electrons. The number of para-hydroxylation sites is 1. The Kier molecular flexibility index (Phi) is 8.96. The third-order valence-electron chi connectivity index (χ3n) is 10.7. The molecule has 1 fully saturated rings. The summed E-state index contributed by atoms with van der Waals surface area (Å²) in [6.45, 7) is 5.57. The number of aliphatic hydroxyl groups is 1. The van der Waals surface area contributed by atoms with Crippen molar-refractivity contribution in [3.8, 4) is 0 Å². The number of nitrogens with one attached hydrogen (secondary N) is 1. The van der Waals surface area contributed by atoms with E-state index in [1.165, 1.54) is 0 Å². The third-order valence-corrected chi connectivity index (χ3v) is 13.2. The van der Waals surface area contributed by atoms with Crippen LogP contribution in [0.25, 0.3) is 0 Å². The smallest absolute Gasteiger partial charge is 0.264 e. The molecule has 1 saturated heterocycles. The van der Waals surface area contributed by atoms with Gasteiger partial charge in [0.15, 0.2) is 5.60 Å². The van der Waals surface area contributed by atoms with Crippen molar-refractivity contribution in [3.63, 3.8) is 0 Å². The Morgan fingerprint density at radius 1 is 0.940 bits per heavy atom. The van der Waals surface area contributed by atoms with E-state index >= 15 is 4.11 Å². The summed E-state index contributed by atoms with van der Waals surface area (Å²) in [7, 11) is -3.49. The van der Waals surface area contributed by atoms with Gasteiger partial charge in [0.25, 0.3) is 11.8 Å². The lowest BCUT2D eigenvalue weighted by molar-refractivity contribution is -0.151. The van der Waals surface area contributed by atoms with Crippen molar-refractivity contribution in [1.29, 1.82) is 0 Å². The largest absolute Gasteiger partial charge is 0.394 e. The van der Waals surface area contributed by atoms with Crippen molar-refractivity contribution in [1.82, 2.24) is 4.90 Å². The maximum Gasteiger partial charge on any atom is 0.264 e. The average Bonchev–Trinajstić information content (AvgIpc) is 3.54. The van der Waals surface area contributed by atoms with Crippen molar-refractivity contribution >= 4 is 37.5 Å². The number of hydrogen-bond donors (Lipinski definition) is 2. The van der Waals surface area contributed by atoms with Crippen LogP contribution in [0.1, 0.15) is 46.0 Å². The number of ether oxygens (including phenoxy) is 1. The Morgan fingerprint density at radius 2 is 1.60 bits per heavy atom. The van der Waals surface area contributed by atoms with E-state index in [0.717, 1.165) is 16.7 Å². The fourth-order valence-corrected chi connectivity index (χ4v) is 10.9. The second-order valence-corrected chi connectivity index (χ2v) is 18.0. The molecule has 0 bridgehead atoms. The van der Waals surface area contributed by atoms with Crippen LogP contribution in [0.4, 0.5) is 15.5 Å². The van der Waals surface area contributed by atoms with Crippen LogP contribution in [-0.4, -0.2) is 54.9 Å². The highest BCUT2D eigenvalue weighted by molar-refractivity contribution is 6.72. The molecule has 7 rings (SSSR count). The van der Waals surface area contributed by atoms with Crippen LogP contribution in [-0.2, 0) is 39.4 Å². The van der Waals surface area contributed by atoms with E-state index in [1.807, 2.05) is 85.8 Å². The van der Waals surface area contributed by atoms with Crippen LogP contribution in [0.15, 0.2) is 103 Å². The van der Waals surface area contributed by atoms with E-state index in [9.17, 15) is 19.5 Å². The molecule has 50 heavy (non-hydrogen) atoms. The lowest BCUT2D eigenvalue weighted by Gasteiger charge is -2.37. The van der Waals surface area contributed by atoms with Crippen LogP contribution < -0.4 is 10.2 Å². The molecule has 0 unspecified atom stereocenters. The second-order valence-electron chi connectivity index (χ2n) is 14.2. The first-order chi connectivity index (χ1) is 24.0. The van der Waals surface area contributed by atoms with Crippen molar-refractivity contribution in [2.24, 2.45) is 5.92 Å². The van der Waals surface area contributed by atoms with Crippen LogP contribution in [0.2, 0.25) is 18.6 Å². The molecule has 10 heteroatoms. The Balaban J connectivity index is 1.14. The van der Waals surface area contributed by atoms with E-state index in [2.05, 4.69) is 5.32 Å². The third kappa shape index (κ3) is 5.95. The fraction of sp³-hybridized carbons (Fsp3) is 0.325. The molecular formula is C40H42FN3O5Si. The minimum absolute atomic E-state index is 0.0820. The molecule has 4 aromatic rings. The first-order valence-electron chi connectivity index (χ1n) is 17.2. The topological polar surface area (TPSA) is 99.2 Å². The zero-order chi connectivity index (χ0) is 35.2. The number of benzene rings is 4. The molecule has 3 aliphatic rings. The molecule has 0 saturated carbocycles. The van der Waals surface area contributed by atoms with Crippen molar-refractivity contribution in [2.45, 2.75) is 69.2 Å². The van der Waals surface area contributed by atoms with Crippen LogP contribution in [0, 0.1) is 5.92 Å². The Hall–Kier alpha value is -4.64. The van der Waals surface area contributed by atoms with Gasteiger partial charge in [-0.2, -0.15) is 0 Å². The van der Waals surface area contributed by atoms with Crippen molar-refractivity contribution in [3.05, 3.63) is 131 Å². The molecule has 3 aliphatic heterocycles. The van der Waals surface area contributed by atoms with Gasteiger partial charge in [0.1, 0.15) is 0 Å². The highest BCUT2D eigenvalue weighted by Gasteiger charge is 2.67. The van der Waals surface area contributed by atoms with Crippen molar-refractivity contribution in [2.75, 3.05) is 16.8 Å². The number of rotatable bonds is 8. The van der Waals surface area contributed by atoms with Gasteiger partial charge in [0.2, 0.25) is 14.3 Å². The van der Waals surface area contributed by atoms with Crippen LogP contribution in [0.5, 0.6) is 0 Å². The summed E-state index contributed by atoms with van der Waals surface area (Å²) in [5.74, 6) is -1.23. The average molecular weight is 692 g/mol. The molecule has 8 nitrogen and oxygen atoms in total. The maximum absolute atomic E-state index is 16.4. The van der Waals surface area contributed by atoms with E-state index in [0.29, 0.717) is 35.5 Å². The molecule has 0 aliphatic carbocycles. The highest BCUT2D eigenvalue weighted by atomic mass is 28.4. The number of amides is 3. The van der Waals surface area contributed by atoms with Gasteiger partial charge < -0.3 is 29.1 Å². The summed E-state index contributed by atoms with van der Waals surface area (Å²) in [4.78, 5) is 44.8. The lowest BCUT2D eigenvalue weighted by Crippen LogP contribution is -2.48. The fourth-order valence-electron chi connectivity index (χ4n) is 8.36. The molecule has 3 heterocycles. The molecule has 5 atom stereocenters. The number of hydrogen-bond acceptors (Lipinski definition) is 5. The van der Waals surface area contributed by atoms with Crippen molar-refractivity contribution < 1.29 is 28.3 Å². The van der Waals surface area contributed by atoms with Gasteiger partial charge in [0.05, 0.1) is 37.4 Å². The second kappa shape index (κ2) is 13.2. The van der Waals surface area contributed by atoms with Gasteiger partial charge in [-0.25, -0.2) is 0 Å². The molecule has 258 valence electrons. The zero-order valence-electron chi connectivity index (χ0n) is 28.5. The predicted molar refractivity (Wildman–Crippen MR) is 193 cm³/mol. The number of aliphatic hydroxyl groups excluding tert-OH is 1. The number of anilines is 2. The lowest BCUT2D eigenvalue weighted by atomic mass is 9.82. The standard InChI is InChI=1S/C40H42FN3O5Si/c1-26-37(50(2,3)41)35(22-36(46)43-24-30-14-8-7-13-29(30)21-32(43)25-45)49-40(26)33-15-9-10-16-34(33)44(39(40)48)23-27-17-19-31(20-18-27)42-38(47)28-11-5-4-6-12-28/h4-20,26,32,35,37,45H,21-25H2,1-3H3,(H,42,47)/t26-,32-,35+,37-,40+/m0/s1. The molecule has 1 spiro atoms. The molecular weight excluding hydrogens is 650 g/mol. The van der Waals surface area contributed by atoms with Gasteiger partial charge >= 0.3 is 0 Å². The minimum Gasteiger partial charge on any atom is -0.394 e. The normalized spacial score (nSPS) is 24.3. The Morgan fingerprint density at radius 3 is 2.30 bits per heavy atom. The number of nitrogens with zero attached hydrogens (tertiary/aromatic N) is 2. The maximum atomic E-state index is 16.4. The van der Waals surface area contributed by atoms with Crippen LogP contribution >= 0.6 is 0 Å².